The van der Waals surface area contributed by atoms with Gasteiger partial charge in [0.05, 0.1) is 0 Å². The van der Waals surface area contributed by atoms with Crippen molar-refractivity contribution in [3.63, 3.8) is 0 Å². The molecule has 42 heavy (non-hydrogen) atoms. The Morgan fingerprint density at radius 2 is 1.57 bits per heavy atom. The highest BCUT2D eigenvalue weighted by Gasteiger charge is 2.70. The van der Waals surface area contributed by atoms with Crippen molar-refractivity contribution in [1.29, 1.82) is 0 Å². The number of benzene rings is 1. The first-order chi connectivity index (χ1) is 19.7. The molecule has 1 N–H and O–H groups in total. The van der Waals surface area contributed by atoms with Crippen molar-refractivity contribution in [2.24, 2.45) is 56.7 Å². The van der Waals surface area contributed by atoms with E-state index in [1.165, 1.54) is 56.9 Å². The van der Waals surface area contributed by atoms with E-state index in [1.54, 1.807) is 24.3 Å². The lowest BCUT2D eigenvalue weighted by Crippen LogP contribution is -2.66. The third kappa shape index (κ3) is 4.29. The fourth-order valence-electron chi connectivity index (χ4n) is 12.6. The van der Waals surface area contributed by atoms with E-state index in [2.05, 4.69) is 55.0 Å². The topological polar surface area (TPSA) is 46.5 Å². The van der Waals surface area contributed by atoms with E-state index in [0.29, 0.717) is 28.1 Å². The minimum Gasteiger partial charge on any atom is -0.508 e. The van der Waals surface area contributed by atoms with E-state index >= 15 is 0 Å². The predicted octanol–water partition coefficient (Wildman–Crippen LogP) is 9.99. The molecule has 1 aromatic carbocycles. The summed E-state index contributed by atoms with van der Waals surface area (Å²) in [5.41, 5.74) is 3.78. The van der Waals surface area contributed by atoms with Crippen LogP contribution in [0.5, 0.6) is 5.75 Å². The van der Waals surface area contributed by atoms with Crippen LogP contribution >= 0.6 is 0 Å². The average Bonchev–Trinajstić information content (AvgIpc) is 3.28. The molecule has 0 spiro atoms. The number of carbonyl (C=O) groups is 1. The van der Waals surface area contributed by atoms with Crippen LogP contribution in [0.15, 0.2) is 42.5 Å². The lowest BCUT2D eigenvalue weighted by atomic mass is 9.32. The number of carbonyl (C=O) groups excluding carboxylic acids is 1. The summed E-state index contributed by atoms with van der Waals surface area (Å²) in [6.07, 6.45) is 16.2. The van der Waals surface area contributed by atoms with Crippen molar-refractivity contribution in [2.45, 2.75) is 119 Å². The van der Waals surface area contributed by atoms with Crippen LogP contribution in [0.1, 0.15) is 118 Å². The maximum Gasteiger partial charge on any atom is 0.331 e. The Bertz CT molecular complexity index is 1260. The highest BCUT2D eigenvalue weighted by Crippen LogP contribution is 2.77. The van der Waals surface area contributed by atoms with Crippen molar-refractivity contribution < 1.29 is 14.6 Å². The SMILES string of the molecule is C=C(C)[C@@H]1CC[C@]2(C)CC[C@]3(C)[C@H](CC[C@@H]4[C@]5(C)CC[C@@H](OC(=O)/C=C\c6ccc(O)cc6)C(C)(C)[C@@H]5CC[C@]43C)[C@H]12. The zero-order valence-corrected chi connectivity index (χ0v) is 27.5. The summed E-state index contributed by atoms with van der Waals surface area (Å²) in [5.74, 6) is 3.57. The number of fused-ring (bicyclic) bond motifs is 7. The van der Waals surface area contributed by atoms with E-state index < -0.39 is 0 Å². The number of ether oxygens (including phenoxy) is 1. The first kappa shape index (κ1) is 30.0. The second-order valence-electron chi connectivity index (χ2n) is 17.1. The smallest absolute Gasteiger partial charge is 0.331 e. The van der Waals surface area contributed by atoms with Crippen LogP contribution in [0.25, 0.3) is 6.08 Å². The Morgan fingerprint density at radius 1 is 0.857 bits per heavy atom. The second kappa shape index (κ2) is 10.00. The lowest BCUT2D eigenvalue weighted by molar-refractivity contribution is -0.248. The molecule has 3 nitrogen and oxygen atoms in total. The number of aromatic hydroxyl groups is 1. The number of phenols is 1. The molecular weight excluding hydrogens is 516 g/mol. The summed E-state index contributed by atoms with van der Waals surface area (Å²) in [4.78, 5) is 13.0. The van der Waals surface area contributed by atoms with E-state index in [-0.39, 0.29) is 28.7 Å². The molecule has 0 aliphatic heterocycles. The minimum atomic E-state index is -0.257. The summed E-state index contributed by atoms with van der Waals surface area (Å²) in [7, 11) is 0. The third-order valence-electron chi connectivity index (χ3n) is 15.0. The van der Waals surface area contributed by atoms with Gasteiger partial charge in [-0.1, -0.05) is 65.8 Å². The zero-order valence-electron chi connectivity index (χ0n) is 27.5. The first-order valence-corrected chi connectivity index (χ1v) is 17.0. The lowest BCUT2D eigenvalue weighted by Gasteiger charge is -2.73. The monoisotopic (exact) mass is 572 g/mol. The molecule has 0 radical (unpaired) electrons. The van der Waals surface area contributed by atoms with Gasteiger partial charge in [0, 0.05) is 11.5 Å². The van der Waals surface area contributed by atoms with Crippen LogP contribution in [-0.2, 0) is 9.53 Å². The molecule has 6 rings (SSSR count). The Balaban J connectivity index is 1.22. The van der Waals surface area contributed by atoms with Gasteiger partial charge in [0.15, 0.2) is 0 Å². The molecule has 5 saturated carbocycles. The molecule has 0 bridgehead atoms. The normalized spacial score (nSPS) is 45.8. The summed E-state index contributed by atoms with van der Waals surface area (Å²) in [6, 6.07) is 6.89. The fraction of sp³-hybridized carbons (Fsp3) is 0.718. The van der Waals surface area contributed by atoms with Crippen LogP contribution in [0, 0.1) is 56.7 Å². The van der Waals surface area contributed by atoms with Gasteiger partial charge in [-0.3, -0.25) is 0 Å². The quantitative estimate of drug-likeness (QED) is 0.222. The van der Waals surface area contributed by atoms with Gasteiger partial charge in [-0.05, 0) is 146 Å². The van der Waals surface area contributed by atoms with Gasteiger partial charge >= 0.3 is 5.97 Å². The Kier molecular flexibility index (Phi) is 7.14. The van der Waals surface area contributed by atoms with Gasteiger partial charge in [-0.15, -0.1) is 0 Å². The standard InChI is InChI=1S/C39H56O3/c1-25(2)28-17-20-36(5)23-24-38(7)29(34(28)36)14-15-31-37(6)21-19-32(35(3,4)30(37)18-22-39(31,38)8)42-33(41)16-11-26-9-12-27(40)13-10-26/h9-13,16,28-32,34,40H,1,14-15,17-24H2,2-8H3/b16-11-/t28-,29+,30-,31+,32+,34-,36+,37+,38+,39+/m0/s1. The zero-order chi connectivity index (χ0) is 30.3. The molecule has 0 amide bonds. The van der Waals surface area contributed by atoms with Gasteiger partial charge in [-0.2, -0.15) is 0 Å². The number of hydrogen-bond acceptors (Lipinski definition) is 3. The molecule has 0 aromatic heterocycles. The molecular formula is C39H56O3. The summed E-state index contributed by atoms with van der Waals surface area (Å²) in [5, 5.41) is 9.54. The van der Waals surface area contributed by atoms with Crippen molar-refractivity contribution in [3.05, 3.63) is 48.1 Å². The van der Waals surface area contributed by atoms with Crippen molar-refractivity contribution >= 4 is 12.0 Å². The number of allylic oxidation sites excluding steroid dienone is 1. The van der Waals surface area contributed by atoms with Crippen LogP contribution in [0.4, 0.5) is 0 Å². The van der Waals surface area contributed by atoms with Gasteiger partial charge < -0.3 is 9.84 Å². The molecule has 230 valence electrons. The highest BCUT2D eigenvalue weighted by molar-refractivity contribution is 5.87. The van der Waals surface area contributed by atoms with Crippen molar-refractivity contribution in [2.75, 3.05) is 0 Å². The van der Waals surface area contributed by atoms with Crippen molar-refractivity contribution in [1.82, 2.24) is 0 Å². The number of esters is 1. The van der Waals surface area contributed by atoms with Crippen LogP contribution in [0.3, 0.4) is 0 Å². The van der Waals surface area contributed by atoms with Gasteiger partial charge in [-0.25, -0.2) is 4.79 Å². The van der Waals surface area contributed by atoms with Crippen LogP contribution < -0.4 is 0 Å². The fourth-order valence-corrected chi connectivity index (χ4v) is 12.6. The Hall–Kier alpha value is -2.03. The summed E-state index contributed by atoms with van der Waals surface area (Å²) < 4.78 is 6.22. The molecule has 5 aliphatic rings. The molecule has 10 atom stereocenters. The summed E-state index contributed by atoms with van der Waals surface area (Å²) in [6.45, 7) is 22.3. The van der Waals surface area contributed by atoms with Gasteiger partial charge in [0.25, 0.3) is 0 Å². The van der Waals surface area contributed by atoms with E-state index in [0.717, 1.165) is 36.2 Å². The maximum atomic E-state index is 13.0. The van der Waals surface area contributed by atoms with Gasteiger partial charge in [0.1, 0.15) is 11.9 Å². The van der Waals surface area contributed by atoms with Gasteiger partial charge in [0.2, 0.25) is 0 Å². The maximum absolute atomic E-state index is 13.0. The molecule has 5 aliphatic carbocycles. The molecule has 1 aromatic rings. The second-order valence-corrected chi connectivity index (χ2v) is 17.1. The number of phenolic OH excluding ortho intramolecular Hbond substituents is 1. The Labute approximate surface area is 255 Å². The molecule has 0 saturated heterocycles. The largest absolute Gasteiger partial charge is 0.508 e. The third-order valence-corrected chi connectivity index (χ3v) is 15.0. The summed E-state index contributed by atoms with van der Waals surface area (Å²) >= 11 is 0. The molecule has 0 unspecified atom stereocenters. The van der Waals surface area contributed by atoms with Crippen molar-refractivity contribution in [3.8, 4) is 5.75 Å². The Morgan fingerprint density at radius 3 is 2.26 bits per heavy atom. The van der Waals surface area contributed by atoms with E-state index in [1.807, 2.05) is 12.1 Å². The number of rotatable bonds is 4. The van der Waals surface area contributed by atoms with E-state index in [9.17, 15) is 9.90 Å². The van der Waals surface area contributed by atoms with Crippen LogP contribution in [-0.4, -0.2) is 17.2 Å². The first-order valence-electron chi connectivity index (χ1n) is 17.0. The molecule has 5 fully saturated rings. The molecule has 3 heteroatoms. The minimum absolute atomic E-state index is 0.0598. The average molecular weight is 573 g/mol. The number of hydrogen-bond donors (Lipinski definition) is 1. The van der Waals surface area contributed by atoms with Crippen LogP contribution in [0.2, 0.25) is 0 Å². The molecule has 0 heterocycles. The van der Waals surface area contributed by atoms with E-state index in [4.69, 9.17) is 4.74 Å². The predicted molar refractivity (Wildman–Crippen MR) is 172 cm³/mol. The highest BCUT2D eigenvalue weighted by atomic mass is 16.5.